The molecule has 0 aliphatic carbocycles. The fourth-order valence-electron chi connectivity index (χ4n) is 2.30. The first-order valence-electron chi connectivity index (χ1n) is 6.84. The second-order valence-corrected chi connectivity index (χ2v) is 4.98. The number of para-hydroxylation sites is 1. The van der Waals surface area contributed by atoms with Gasteiger partial charge in [-0.3, -0.25) is 4.79 Å². The third-order valence-corrected chi connectivity index (χ3v) is 3.32. The second-order valence-electron chi connectivity index (χ2n) is 4.98. The van der Waals surface area contributed by atoms with E-state index in [9.17, 15) is 4.79 Å². The zero-order chi connectivity index (χ0) is 14.7. The van der Waals surface area contributed by atoms with E-state index in [2.05, 4.69) is 10.3 Å². The molecule has 3 nitrogen and oxygen atoms in total. The number of fused-ring (bicyclic) bond motifs is 1. The first-order chi connectivity index (χ1) is 10.2. The average molecular weight is 276 g/mol. The fraction of sp³-hybridized carbons (Fsp3) is 0.0556. The number of amides is 1. The highest BCUT2D eigenvalue weighted by molar-refractivity contribution is 6.03. The smallest absolute Gasteiger partial charge is 0.248 e. The van der Waals surface area contributed by atoms with Gasteiger partial charge < -0.3 is 10.3 Å². The zero-order valence-electron chi connectivity index (χ0n) is 11.8. The Labute approximate surface area is 123 Å². The standard InChI is InChI=1S/C18H16N2O/c1-13-5-4-6-15(11-13)20-18(21)10-9-14-12-19-17-8-3-2-7-16(14)17/h2-12,19H,1H3,(H,20,21). The number of nitrogens with one attached hydrogen (secondary N) is 2. The number of benzene rings is 2. The van der Waals surface area contributed by atoms with Gasteiger partial charge in [-0.25, -0.2) is 0 Å². The molecule has 0 saturated carbocycles. The molecule has 0 fully saturated rings. The first-order valence-corrected chi connectivity index (χ1v) is 6.84. The van der Waals surface area contributed by atoms with E-state index in [-0.39, 0.29) is 5.91 Å². The number of rotatable bonds is 3. The van der Waals surface area contributed by atoms with Gasteiger partial charge in [0.2, 0.25) is 5.91 Å². The molecule has 104 valence electrons. The van der Waals surface area contributed by atoms with Gasteiger partial charge in [0.15, 0.2) is 0 Å². The van der Waals surface area contributed by atoms with Gasteiger partial charge in [-0.2, -0.15) is 0 Å². The molecule has 3 rings (SSSR count). The van der Waals surface area contributed by atoms with Crippen LogP contribution in [0.2, 0.25) is 0 Å². The van der Waals surface area contributed by atoms with E-state index < -0.39 is 0 Å². The van der Waals surface area contributed by atoms with Crippen LogP contribution in [0.1, 0.15) is 11.1 Å². The molecule has 0 aliphatic rings. The van der Waals surface area contributed by atoms with Crippen LogP contribution in [0.5, 0.6) is 0 Å². The molecule has 0 radical (unpaired) electrons. The minimum Gasteiger partial charge on any atom is -0.361 e. The Bertz CT molecular complexity index is 815. The molecule has 2 N–H and O–H groups in total. The third-order valence-electron chi connectivity index (χ3n) is 3.32. The van der Waals surface area contributed by atoms with E-state index in [0.29, 0.717) is 0 Å². The summed E-state index contributed by atoms with van der Waals surface area (Å²) in [4.78, 5) is 15.1. The summed E-state index contributed by atoms with van der Waals surface area (Å²) in [7, 11) is 0. The molecule has 0 bridgehead atoms. The number of aromatic nitrogens is 1. The molecule has 1 heterocycles. The van der Waals surface area contributed by atoms with E-state index in [0.717, 1.165) is 27.7 Å². The third kappa shape index (κ3) is 3.03. The van der Waals surface area contributed by atoms with Crippen LogP contribution in [0.15, 0.2) is 60.8 Å². The largest absolute Gasteiger partial charge is 0.361 e. The molecular formula is C18H16N2O. The average Bonchev–Trinajstić information content (AvgIpc) is 2.88. The lowest BCUT2D eigenvalue weighted by molar-refractivity contribution is -0.111. The minimum atomic E-state index is -0.133. The lowest BCUT2D eigenvalue weighted by Crippen LogP contribution is -2.07. The molecule has 1 aromatic heterocycles. The maximum absolute atomic E-state index is 11.9. The Hall–Kier alpha value is -2.81. The Morgan fingerprint density at radius 3 is 2.86 bits per heavy atom. The van der Waals surface area contributed by atoms with Crippen molar-refractivity contribution in [2.45, 2.75) is 6.92 Å². The second kappa shape index (κ2) is 5.67. The maximum Gasteiger partial charge on any atom is 0.248 e. The van der Waals surface area contributed by atoms with Crippen molar-refractivity contribution in [3.8, 4) is 0 Å². The van der Waals surface area contributed by atoms with E-state index in [1.807, 2.05) is 67.7 Å². The number of H-pyrrole nitrogens is 1. The van der Waals surface area contributed by atoms with Crippen LogP contribution in [0.25, 0.3) is 17.0 Å². The monoisotopic (exact) mass is 276 g/mol. The highest BCUT2D eigenvalue weighted by atomic mass is 16.1. The van der Waals surface area contributed by atoms with Gasteiger partial charge in [0, 0.05) is 28.9 Å². The van der Waals surface area contributed by atoms with Crippen molar-refractivity contribution in [3.63, 3.8) is 0 Å². The molecular weight excluding hydrogens is 260 g/mol. The summed E-state index contributed by atoms with van der Waals surface area (Å²) in [5, 5.41) is 3.97. The Kier molecular flexibility index (Phi) is 3.56. The van der Waals surface area contributed by atoms with Crippen LogP contribution < -0.4 is 5.32 Å². The SMILES string of the molecule is Cc1cccc(NC(=O)C=Cc2c[nH]c3ccccc23)c1. The number of carbonyl (C=O) groups is 1. The van der Waals surface area contributed by atoms with Crippen LogP contribution in [0.4, 0.5) is 5.69 Å². The molecule has 3 heteroatoms. The highest BCUT2D eigenvalue weighted by Crippen LogP contribution is 2.18. The minimum absolute atomic E-state index is 0.133. The van der Waals surface area contributed by atoms with Crippen molar-refractivity contribution in [1.82, 2.24) is 4.98 Å². The summed E-state index contributed by atoms with van der Waals surface area (Å²) in [6.07, 6.45) is 5.28. The van der Waals surface area contributed by atoms with Crippen LogP contribution in [-0.4, -0.2) is 10.9 Å². The molecule has 3 aromatic rings. The summed E-state index contributed by atoms with van der Waals surface area (Å²) < 4.78 is 0. The predicted octanol–water partition coefficient (Wildman–Crippen LogP) is 4.13. The molecule has 0 aliphatic heterocycles. The van der Waals surface area contributed by atoms with Crippen molar-refractivity contribution in [2.75, 3.05) is 5.32 Å². The van der Waals surface area contributed by atoms with Crippen LogP contribution in [0.3, 0.4) is 0 Å². The number of anilines is 1. The van der Waals surface area contributed by atoms with Gasteiger partial charge in [-0.15, -0.1) is 0 Å². The van der Waals surface area contributed by atoms with E-state index in [1.165, 1.54) is 0 Å². The number of aryl methyl sites for hydroxylation is 1. The van der Waals surface area contributed by atoms with Gasteiger partial charge in [-0.05, 0) is 42.3 Å². The van der Waals surface area contributed by atoms with E-state index in [4.69, 9.17) is 0 Å². The highest BCUT2D eigenvalue weighted by Gasteiger charge is 2.01. The van der Waals surface area contributed by atoms with Crippen molar-refractivity contribution in [1.29, 1.82) is 0 Å². The molecule has 1 amide bonds. The van der Waals surface area contributed by atoms with Crippen molar-refractivity contribution >= 4 is 28.6 Å². The lowest BCUT2D eigenvalue weighted by atomic mass is 10.1. The molecule has 0 spiro atoms. The normalized spacial score (nSPS) is 11.1. The number of carbonyl (C=O) groups excluding carboxylic acids is 1. The van der Waals surface area contributed by atoms with Gasteiger partial charge in [0.1, 0.15) is 0 Å². The zero-order valence-corrected chi connectivity index (χ0v) is 11.8. The number of aromatic amines is 1. The summed E-state index contributed by atoms with van der Waals surface area (Å²) in [5.74, 6) is -0.133. The Morgan fingerprint density at radius 1 is 1.14 bits per heavy atom. The van der Waals surface area contributed by atoms with Gasteiger partial charge in [0.05, 0.1) is 0 Å². The van der Waals surface area contributed by atoms with Gasteiger partial charge >= 0.3 is 0 Å². The molecule has 0 atom stereocenters. The number of hydrogen-bond donors (Lipinski definition) is 2. The van der Waals surface area contributed by atoms with Crippen molar-refractivity contribution in [2.24, 2.45) is 0 Å². The van der Waals surface area contributed by atoms with Gasteiger partial charge in [-0.1, -0.05) is 30.3 Å². The summed E-state index contributed by atoms with van der Waals surface area (Å²) in [6, 6.07) is 15.8. The Morgan fingerprint density at radius 2 is 2.00 bits per heavy atom. The summed E-state index contributed by atoms with van der Waals surface area (Å²) in [5.41, 5.74) is 4.00. The Balaban J connectivity index is 1.75. The topological polar surface area (TPSA) is 44.9 Å². The summed E-state index contributed by atoms with van der Waals surface area (Å²) in [6.45, 7) is 2.00. The van der Waals surface area contributed by atoms with Crippen LogP contribution in [-0.2, 0) is 4.79 Å². The quantitative estimate of drug-likeness (QED) is 0.694. The predicted molar refractivity (Wildman–Crippen MR) is 87.1 cm³/mol. The fourth-order valence-corrected chi connectivity index (χ4v) is 2.30. The lowest BCUT2D eigenvalue weighted by Gasteiger charge is -2.02. The van der Waals surface area contributed by atoms with Gasteiger partial charge in [0.25, 0.3) is 0 Å². The molecule has 0 unspecified atom stereocenters. The number of hydrogen-bond acceptors (Lipinski definition) is 1. The van der Waals surface area contributed by atoms with E-state index in [1.54, 1.807) is 6.08 Å². The van der Waals surface area contributed by atoms with Crippen LogP contribution in [0, 0.1) is 6.92 Å². The van der Waals surface area contributed by atoms with Crippen molar-refractivity contribution in [3.05, 3.63) is 71.9 Å². The van der Waals surface area contributed by atoms with Crippen molar-refractivity contribution < 1.29 is 4.79 Å². The maximum atomic E-state index is 11.9. The molecule has 2 aromatic carbocycles. The summed E-state index contributed by atoms with van der Waals surface area (Å²) >= 11 is 0. The molecule has 0 saturated heterocycles. The van der Waals surface area contributed by atoms with Crippen LogP contribution >= 0.6 is 0 Å². The van der Waals surface area contributed by atoms with E-state index >= 15 is 0 Å². The first kappa shape index (κ1) is 13.2. The molecule has 21 heavy (non-hydrogen) atoms.